The molecule has 0 spiro atoms. The molecule has 2 rings (SSSR count). The molecule has 0 aromatic heterocycles. The smallest absolute Gasteiger partial charge is 0.157 e. The molecule has 2 fully saturated rings. The van der Waals surface area contributed by atoms with Crippen molar-refractivity contribution in [2.45, 2.75) is 43.6 Å². The maximum absolute atomic E-state index is 11.9. The van der Waals surface area contributed by atoms with Gasteiger partial charge in [0.1, 0.15) is 0 Å². The van der Waals surface area contributed by atoms with E-state index in [0.717, 1.165) is 0 Å². The predicted octanol–water partition coefficient (Wildman–Crippen LogP) is 0.331. The summed E-state index contributed by atoms with van der Waals surface area (Å²) in [4.78, 5) is 0. The second-order valence-electron chi connectivity index (χ2n) is 4.50. The molecule has 1 saturated carbocycles. The fourth-order valence-electron chi connectivity index (χ4n) is 2.03. The molecule has 0 aromatic rings. The van der Waals surface area contributed by atoms with E-state index in [1.807, 2.05) is 6.92 Å². The zero-order chi connectivity index (χ0) is 10.9. The quantitative estimate of drug-likeness (QED) is 0.743. The van der Waals surface area contributed by atoms with Gasteiger partial charge >= 0.3 is 0 Å². The Morgan fingerprint density at radius 3 is 2.60 bits per heavy atom. The molecule has 1 aliphatic carbocycles. The SMILES string of the molecule is CC1OCCC1S(=O)(=O)CCNC1CC1. The maximum Gasteiger partial charge on any atom is 0.157 e. The minimum absolute atomic E-state index is 0.129. The zero-order valence-corrected chi connectivity index (χ0v) is 9.92. The summed E-state index contributed by atoms with van der Waals surface area (Å²) in [6.45, 7) is 3.03. The fraction of sp³-hybridized carbons (Fsp3) is 1.00. The van der Waals surface area contributed by atoms with Crippen molar-refractivity contribution < 1.29 is 13.2 Å². The van der Waals surface area contributed by atoms with Crippen LogP contribution in [0.5, 0.6) is 0 Å². The van der Waals surface area contributed by atoms with Gasteiger partial charge in [0, 0.05) is 19.2 Å². The maximum atomic E-state index is 11.9. The van der Waals surface area contributed by atoms with Crippen LogP contribution in [0.1, 0.15) is 26.2 Å². The highest BCUT2D eigenvalue weighted by Gasteiger charge is 2.35. The summed E-state index contributed by atoms with van der Waals surface area (Å²) in [5.41, 5.74) is 0. The molecule has 0 amide bonds. The molecule has 0 radical (unpaired) electrons. The molecule has 2 unspecified atom stereocenters. The third-order valence-corrected chi connectivity index (χ3v) is 5.48. The molecule has 15 heavy (non-hydrogen) atoms. The number of nitrogens with one attached hydrogen (secondary N) is 1. The number of ether oxygens (including phenoxy) is 1. The van der Waals surface area contributed by atoms with Gasteiger partial charge in [0.05, 0.1) is 17.1 Å². The predicted molar refractivity (Wildman–Crippen MR) is 58.6 cm³/mol. The van der Waals surface area contributed by atoms with Crippen molar-refractivity contribution in [2.75, 3.05) is 18.9 Å². The van der Waals surface area contributed by atoms with Gasteiger partial charge in [-0.15, -0.1) is 0 Å². The van der Waals surface area contributed by atoms with Crippen molar-refractivity contribution in [3.8, 4) is 0 Å². The number of rotatable bonds is 5. The summed E-state index contributed by atoms with van der Waals surface area (Å²) in [6.07, 6.45) is 2.93. The van der Waals surface area contributed by atoms with E-state index in [1.165, 1.54) is 12.8 Å². The molecule has 1 aliphatic heterocycles. The van der Waals surface area contributed by atoms with Gasteiger partial charge in [0.15, 0.2) is 9.84 Å². The first kappa shape index (κ1) is 11.4. The molecule has 2 atom stereocenters. The molecular weight excluding hydrogens is 214 g/mol. The first-order valence-electron chi connectivity index (χ1n) is 5.66. The minimum atomic E-state index is -2.96. The lowest BCUT2D eigenvalue weighted by Crippen LogP contribution is -2.34. The van der Waals surface area contributed by atoms with Crippen molar-refractivity contribution in [2.24, 2.45) is 0 Å². The monoisotopic (exact) mass is 233 g/mol. The van der Waals surface area contributed by atoms with Crippen molar-refractivity contribution in [3.05, 3.63) is 0 Å². The molecule has 0 bridgehead atoms. The Balaban J connectivity index is 1.81. The topological polar surface area (TPSA) is 55.4 Å². The van der Waals surface area contributed by atoms with Crippen LogP contribution >= 0.6 is 0 Å². The standard InChI is InChI=1S/C10H19NO3S/c1-8-10(4-6-14-8)15(12,13)7-5-11-9-2-3-9/h8-11H,2-7H2,1H3. The third-order valence-electron chi connectivity index (χ3n) is 3.16. The summed E-state index contributed by atoms with van der Waals surface area (Å²) >= 11 is 0. The highest BCUT2D eigenvalue weighted by atomic mass is 32.2. The van der Waals surface area contributed by atoms with Crippen molar-refractivity contribution in [1.29, 1.82) is 0 Å². The van der Waals surface area contributed by atoms with Gasteiger partial charge in [-0.2, -0.15) is 0 Å². The average molecular weight is 233 g/mol. The lowest BCUT2D eigenvalue weighted by molar-refractivity contribution is 0.126. The normalized spacial score (nSPS) is 32.1. The number of sulfone groups is 1. The van der Waals surface area contributed by atoms with Crippen LogP contribution in [-0.2, 0) is 14.6 Å². The number of hydrogen-bond acceptors (Lipinski definition) is 4. The van der Waals surface area contributed by atoms with Gasteiger partial charge < -0.3 is 10.1 Å². The van der Waals surface area contributed by atoms with E-state index in [0.29, 0.717) is 25.6 Å². The Labute approximate surface area is 91.3 Å². The lowest BCUT2D eigenvalue weighted by atomic mass is 10.3. The van der Waals surface area contributed by atoms with Gasteiger partial charge in [-0.05, 0) is 26.2 Å². The van der Waals surface area contributed by atoms with E-state index in [1.54, 1.807) is 0 Å². The Bertz CT molecular complexity index is 311. The zero-order valence-electron chi connectivity index (χ0n) is 9.11. The fourth-order valence-corrected chi connectivity index (χ4v) is 3.85. The molecule has 1 saturated heterocycles. The average Bonchev–Trinajstić information content (AvgIpc) is 2.86. The van der Waals surface area contributed by atoms with Crippen LogP contribution in [0.3, 0.4) is 0 Å². The molecular formula is C10H19NO3S. The molecule has 2 aliphatic rings. The van der Waals surface area contributed by atoms with Crippen molar-refractivity contribution in [3.63, 3.8) is 0 Å². The van der Waals surface area contributed by atoms with Crippen LogP contribution in [0.25, 0.3) is 0 Å². The Morgan fingerprint density at radius 1 is 1.33 bits per heavy atom. The van der Waals surface area contributed by atoms with E-state index in [9.17, 15) is 8.42 Å². The minimum Gasteiger partial charge on any atom is -0.377 e. The second-order valence-corrected chi connectivity index (χ2v) is 6.84. The van der Waals surface area contributed by atoms with Crippen LogP contribution in [-0.4, -0.2) is 44.7 Å². The third kappa shape index (κ3) is 2.92. The summed E-state index contributed by atoms with van der Waals surface area (Å²) in [7, 11) is -2.96. The first-order chi connectivity index (χ1) is 7.09. The van der Waals surface area contributed by atoms with Crippen LogP contribution in [0.2, 0.25) is 0 Å². The van der Waals surface area contributed by atoms with Gasteiger partial charge in [0.25, 0.3) is 0 Å². The Morgan fingerprint density at radius 2 is 2.07 bits per heavy atom. The molecule has 5 heteroatoms. The van der Waals surface area contributed by atoms with Gasteiger partial charge in [-0.1, -0.05) is 0 Å². The summed E-state index contributed by atoms with van der Waals surface area (Å²) in [5.74, 6) is 0.252. The van der Waals surface area contributed by atoms with Gasteiger partial charge in [-0.25, -0.2) is 8.42 Å². The van der Waals surface area contributed by atoms with Crippen LogP contribution in [0, 0.1) is 0 Å². The van der Waals surface area contributed by atoms with Gasteiger partial charge in [0.2, 0.25) is 0 Å². The highest BCUT2D eigenvalue weighted by molar-refractivity contribution is 7.92. The summed E-state index contributed by atoms with van der Waals surface area (Å²) in [6, 6.07) is 0.581. The van der Waals surface area contributed by atoms with E-state index < -0.39 is 9.84 Å². The molecule has 4 nitrogen and oxygen atoms in total. The first-order valence-corrected chi connectivity index (χ1v) is 7.38. The van der Waals surface area contributed by atoms with Crippen LogP contribution in [0.15, 0.2) is 0 Å². The highest BCUT2D eigenvalue weighted by Crippen LogP contribution is 2.22. The van der Waals surface area contributed by atoms with Crippen LogP contribution < -0.4 is 5.32 Å². The van der Waals surface area contributed by atoms with E-state index in [2.05, 4.69) is 5.32 Å². The largest absolute Gasteiger partial charge is 0.377 e. The van der Waals surface area contributed by atoms with Gasteiger partial charge in [-0.3, -0.25) is 0 Å². The van der Waals surface area contributed by atoms with E-state index >= 15 is 0 Å². The molecule has 1 N–H and O–H groups in total. The van der Waals surface area contributed by atoms with Crippen molar-refractivity contribution >= 4 is 9.84 Å². The summed E-state index contributed by atoms with van der Waals surface area (Å²) in [5, 5.41) is 2.95. The Kier molecular flexibility index (Phi) is 3.33. The lowest BCUT2D eigenvalue weighted by Gasteiger charge is -2.15. The molecule has 0 aromatic carbocycles. The number of hydrogen-bond donors (Lipinski definition) is 1. The second kappa shape index (κ2) is 4.39. The molecule has 88 valence electrons. The summed E-state index contributed by atoms with van der Waals surface area (Å²) < 4.78 is 29.1. The Hall–Kier alpha value is -0.130. The van der Waals surface area contributed by atoms with E-state index in [-0.39, 0.29) is 17.1 Å². The van der Waals surface area contributed by atoms with Crippen molar-refractivity contribution in [1.82, 2.24) is 5.32 Å². The van der Waals surface area contributed by atoms with E-state index in [4.69, 9.17) is 4.74 Å². The molecule has 1 heterocycles. The van der Waals surface area contributed by atoms with Crippen LogP contribution in [0.4, 0.5) is 0 Å².